The first kappa shape index (κ1) is 17.7. The molecule has 1 amide bonds. The lowest BCUT2D eigenvalue weighted by atomic mass is 10.1. The van der Waals surface area contributed by atoms with E-state index in [1.165, 1.54) is 0 Å². The lowest BCUT2D eigenvalue weighted by molar-refractivity contribution is -0.125. The summed E-state index contributed by atoms with van der Waals surface area (Å²) in [5.41, 5.74) is 5.69. The van der Waals surface area contributed by atoms with Gasteiger partial charge in [0.05, 0.1) is 12.1 Å². The largest absolute Gasteiger partial charge is 0.490 e. The van der Waals surface area contributed by atoms with Crippen molar-refractivity contribution in [2.75, 3.05) is 6.61 Å². The van der Waals surface area contributed by atoms with Crippen LogP contribution in [0.4, 0.5) is 0 Å². The molecule has 0 saturated carbocycles. The Kier molecular flexibility index (Phi) is 5.76. The summed E-state index contributed by atoms with van der Waals surface area (Å²) in [5.74, 6) is 1.52. The van der Waals surface area contributed by atoms with Crippen molar-refractivity contribution >= 4 is 5.91 Å². The minimum atomic E-state index is -0.903. The number of nitrogens with one attached hydrogen (secondary N) is 1. The van der Waals surface area contributed by atoms with E-state index in [9.17, 15) is 4.79 Å². The van der Waals surface area contributed by atoms with Gasteiger partial charge < -0.3 is 20.5 Å². The van der Waals surface area contributed by atoms with Crippen molar-refractivity contribution in [2.24, 2.45) is 5.73 Å². The van der Waals surface area contributed by atoms with E-state index in [0.29, 0.717) is 30.5 Å². The predicted molar refractivity (Wildman–Crippen MR) is 92.0 cm³/mol. The third kappa shape index (κ3) is 4.96. The number of hydrogen-bond donors (Lipinski definition) is 2. The van der Waals surface area contributed by atoms with E-state index >= 15 is 0 Å². The van der Waals surface area contributed by atoms with Crippen molar-refractivity contribution in [1.29, 1.82) is 0 Å². The molecule has 0 aliphatic carbocycles. The second-order valence-electron chi connectivity index (χ2n) is 5.89. The highest BCUT2D eigenvalue weighted by Gasteiger charge is 2.21. The van der Waals surface area contributed by atoms with Crippen LogP contribution >= 0.6 is 0 Å². The number of hydrogen-bond acceptors (Lipinski definition) is 5. The fourth-order valence-corrected chi connectivity index (χ4v) is 1.91. The molecular weight excluding hydrogens is 306 g/mol. The van der Waals surface area contributed by atoms with Crippen LogP contribution in [0.15, 0.2) is 42.6 Å². The van der Waals surface area contributed by atoms with Gasteiger partial charge in [0.25, 0.3) is 0 Å². The molecule has 1 heterocycles. The maximum atomic E-state index is 11.7. The van der Waals surface area contributed by atoms with Crippen LogP contribution in [-0.2, 0) is 11.3 Å². The molecule has 0 unspecified atom stereocenters. The SMILES string of the molecule is CCOc1ccccc1Oc1ccc(CNC(=O)C(C)(C)N)cn1. The third-order valence-electron chi connectivity index (χ3n) is 3.20. The number of aromatic nitrogens is 1. The molecule has 0 atom stereocenters. The highest BCUT2D eigenvalue weighted by molar-refractivity contribution is 5.84. The summed E-state index contributed by atoms with van der Waals surface area (Å²) in [5, 5.41) is 2.77. The van der Waals surface area contributed by atoms with Crippen LogP contribution in [0, 0.1) is 0 Å². The molecule has 0 spiro atoms. The molecule has 6 nitrogen and oxygen atoms in total. The van der Waals surface area contributed by atoms with Crippen LogP contribution in [0.25, 0.3) is 0 Å². The fraction of sp³-hybridized carbons (Fsp3) is 0.333. The standard InChI is InChI=1S/C18H23N3O3/c1-4-23-14-7-5-6-8-15(14)24-16-10-9-13(11-20-16)12-21-17(22)18(2,3)19/h5-11H,4,12,19H2,1-3H3,(H,21,22). The summed E-state index contributed by atoms with van der Waals surface area (Å²) in [4.78, 5) is 16.0. The maximum absolute atomic E-state index is 11.7. The molecule has 128 valence electrons. The van der Waals surface area contributed by atoms with Gasteiger partial charge >= 0.3 is 0 Å². The van der Waals surface area contributed by atoms with Crippen molar-refractivity contribution in [1.82, 2.24) is 10.3 Å². The minimum Gasteiger partial charge on any atom is -0.490 e. The zero-order valence-corrected chi connectivity index (χ0v) is 14.2. The number of benzene rings is 1. The lowest BCUT2D eigenvalue weighted by Gasteiger charge is -2.17. The normalized spacial score (nSPS) is 11.0. The van der Waals surface area contributed by atoms with Crippen LogP contribution in [0.5, 0.6) is 17.4 Å². The van der Waals surface area contributed by atoms with E-state index in [4.69, 9.17) is 15.2 Å². The van der Waals surface area contributed by atoms with E-state index in [0.717, 1.165) is 5.56 Å². The third-order valence-corrected chi connectivity index (χ3v) is 3.20. The Labute approximate surface area is 142 Å². The molecule has 3 N–H and O–H groups in total. The number of pyridine rings is 1. The number of ether oxygens (including phenoxy) is 2. The van der Waals surface area contributed by atoms with Crippen molar-refractivity contribution in [3.8, 4) is 17.4 Å². The summed E-state index contributed by atoms with van der Waals surface area (Å²) in [6, 6.07) is 11.0. The molecule has 0 fully saturated rings. The van der Waals surface area contributed by atoms with Gasteiger partial charge in [0.2, 0.25) is 11.8 Å². The number of carbonyl (C=O) groups excluding carboxylic acids is 1. The first-order valence-corrected chi connectivity index (χ1v) is 7.82. The number of rotatable bonds is 7. The van der Waals surface area contributed by atoms with Crippen LogP contribution in [-0.4, -0.2) is 23.0 Å². The van der Waals surface area contributed by atoms with Gasteiger partial charge in [0, 0.05) is 18.8 Å². The van der Waals surface area contributed by atoms with Crippen molar-refractivity contribution in [3.05, 3.63) is 48.2 Å². The summed E-state index contributed by atoms with van der Waals surface area (Å²) in [6.45, 7) is 6.16. The molecule has 0 aliphatic rings. The summed E-state index contributed by atoms with van der Waals surface area (Å²) >= 11 is 0. The summed E-state index contributed by atoms with van der Waals surface area (Å²) in [6.07, 6.45) is 1.66. The van der Waals surface area contributed by atoms with Crippen LogP contribution in [0.2, 0.25) is 0 Å². The molecule has 0 aliphatic heterocycles. The quantitative estimate of drug-likeness (QED) is 0.815. The lowest BCUT2D eigenvalue weighted by Crippen LogP contribution is -2.48. The maximum Gasteiger partial charge on any atom is 0.239 e. The second kappa shape index (κ2) is 7.79. The van der Waals surface area contributed by atoms with Gasteiger partial charge in [-0.2, -0.15) is 0 Å². The highest BCUT2D eigenvalue weighted by atomic mass is 16.5. The Hall–Kier alpha value is -2.60. The van der Waals surface area contributed by atoms with E-state index < -0.39 is 5.54 Å². The molecule has 24 heavy (non-hydrogen) atoms. The van der Waals surface area contributed by atoms with Crippen LogP contribution in [0.1, 0.15) is 26.3 Å². The predicted octanol–water partition coefficient (Wildman–Crippen LogP) is 2.63. The van der Waals surface area contributed by atoms with Gasteiger partial charge in [-0.3, -0.25) is 4.79 Å². The van der Waals surface area contributed by atoms with Gasteiger partial charge in [-0.25, -0.2) is 4.98 Å². The smallest absolute Gasteiger partial charge is 0.239 e. The van der Waals surface area contributed by atoms with E-state index in [2.05, 4.69) is 10.3 Å². The van der Waals surface area contributed by atoms with Crippen molar-refractivity contribution in [3.63, 3.8) is 0 Å². The molecule has 2 rings (SSSR count). The minimum absolute atomic E-state index is 0.214. The Bertz CT molecular complexity index is 679. The first-order chi connectivity index (χ1) is 11.4. The molecule has 0 bridgehead atoms. The molecule has 1 aromatic carbocycles. The number of carbonyl (C=O) groups is 1. The Morgan fingerprint density at radius 2 is 1.92 bits per heavy atom. The Balaban J connectivity index is 1.99. The number of amides is 1. The second-order valence-corrected chi connectivity index (χ2v) is 5.89. The molecule has 0 saturated heterocycles. The van der Waals surface area contributed by atoms with E-state index in [1.807, 2.05) is 37.3 Å². The van der Waals surface area contributed by atoms with Gasteiger partial charge in [-0.1, -0.05) is 18.2 Å². The first-order valence-electron chi connectivity index (χ1n) is 7.82. The molecular formula is C18H23N3O3. The summed E-state index contributed by atoms with van der Waals surface area (Å²) < 4.78 is 11.3. The highest BCUT2D eigenvalue weighted by Crippen LogP contribution is 2.30. The summed E-state index contributed by atoms with van der Waals surface area (Å²) in [7, 11) is 0. The molecule has 0 radical (unpaired) electrons. The molecule has 2 aromatic rings. The molecule has 1 aromatic heterocycles. The van der Waals surface area contributed by atoms with Gasteiger partial charge in [-0.15, -0.1) is 0 Å². The Morgan fingerprint density at radius 1 is 1.21 bits per heavy atom. The van der Waals surface area contributed by atoms with Gasteiger partial charge in [0.1, 0.15) is 0 Å². The average molecular weight is 329 g/mol. The topological polar surface area (TPSA) is 86.5 Å². The van der Waals surface area contributed by atoms with Gasteiger partial charge in [-0.05, 0) is 38.5 Å². The zero-order chi connectivity index (χ0) is 17.6. The van der Waals surface area contributed by atoms with Crippen LogP contribution < -0.4 is 20.5 Å². The van der Waals surface area contributed by atoms with E-state index in [1.54, 1.807) is 26.1 Å². The van der Waals surface area contributed by atoms with Gasteiger partial charge in [0.15, 0.2) is 11.5 Å². The molecule has 6 heteroatoms. The fourth-order valence-electron chi connectivity index (χ4n) is 1.91. The number of para-hydroxylation sites is 2. The van der Waals surface area contributed by atoms with Crippen molar-refractivity contribution in [2.45, 2.75) is 32.9 Å². The van der Waals surface area contributed by atoms with E-state index in [-0.39, 0.29) is 5.91 Å². The number of nitrogens with zero attached hydrogens (tertiary/aromatic N) is 1. The zero-order valence-electron chi connectivity index (χ0n) is 14.2. The monoisotopic (exact) mass is 329 g/mol. The Morgan fingerprint density at radius 3 is 2.50 bits per heavy atom. The van der Waals surface area contributed by atoms with Crippen molar-refractivity contribution < 1.29 is 14.3 Å². The number of nitrogens with two attached hydrogens (primary N) is 1. The average Bonchev–Trinajstić information content (AvgIpc) is 2.55. The van der Waals surface area contributed by atoms with Crippen LogP contribution in [0.3, 0.4) is 0 Å².